The minimum atomic E-state index is -0.725. The van der Waals surface area contributed by atoms with Crippen molar-refractivity contribution in [1.29, 1.82) is 0 Å². The summed E-state index contributed by atoms with van der Waals surface area (Å²) in [4.78, 5) is 35.1. The smallest absolute Gasteiger partial charge is 0.331 e. The highest BCUT2D eigenvalue weighted by molar-refractivity contribution is 6.02. The highest BCUT2D eigenvalue weighted by atomic mass is 19.1. The van der Waals surface area contributed by atoms with Crippen LogP contribution in [-0.4, -0.2) is 30.9 Å². The van der Waals surface area contributed by atoms with Gasteiger partial charge in [-0.3, -0.25) is 9.59 Å². The molecule has 0 saturated heterocycles. The van der Waals surface area contributed by atoms with E-state index in [4.69, 9.17) is 9.47 Å². The van der Waals surface area contributed by atoms with Gasteiger partial charge in [0.15, 0.2) is 19.0 Å². The lowest BCUT2D eigenvalue weighted by atomic mass is 10.1. The van der Waals surface area contributed by atoms with Crippen LogP contribution in [0.1, 0.15) is 15.9 Å². The number of amides is 1. The predicted molar refractivity (Wildman–Crippen MR) is 91.3 cm³/mol. The van der Waals surface area contributed by atoms with Crippen LogP contribution in [0.3, 0.4) is 0 Å². The van der Waals surface area contributed by atoms with Crippen LogP contribution in [0.25, 0.3) is 6.08 Å². The third-order valence-electron chi connectivity index (χ3n) is 3.54. The standard InChI is InChI=1S/C19H14FNO5/c20-14-3-1-2-12(8-14)4-7-19(24)26-10-16(22)13-5-6-17-15(9-13)21-18(23)11-25-17/h1-9H,10-11H2,(H,21,23). The quantitative estimate of drug-likeness (QED) is 0.506. The Balaban J connectivity index is 1.57. The van der Waals surface area contributed by atoms with E-state index in [1.807, 2.05) is 0 Å². The normalized spacial score (nSPS) is 12.9. The molecule has 0 bridgehead atoms. The molecule has 0 saturated carbocycles. The van der Waals surface area contributed by atoms with Crippen molar-refractivity contribution < 1.29 is 28.2 Å². The Morgan fingerprint density at radius 1 is 1.23 bits per heavy atom. The number of hydrogen-bond donors (Lipinski definition) is 1. The Bertz CT molecular complexity index is 907. The van der Waals surface area contributed by atoms with Crippen LogP contribution in [-0.2, 0) is 14.3 Å². The summed E-state index contributed by atoms with van der Waals surface area (Å²) in [6.45, 7) is -0.532. The zero-order chi connectivity index (χ0) is 18.5. The number of ketones is 1. The number of rotatable bonds is 5. The first kappa shape index (κ1) is 17.3. The molecule has 0 fully saturated rings. The zero-order valence-corrected chi connectivity index (χ0v) is 13.5. The van der Waals surface area contributed by atoms with Gasteiger partial charge in [0, 0.05) is 11.6 Å². The average Bonchev–Trinajstić information content (AvgIpc) is 2.63. The molecule has 0 aliphatic carbocycles. The summed E-state index contributed by atoms with van der Waals surface area (Å²) in [6, 6.07) is 10.2. The molecule has 0 radical (unpaired) electrons. The van der Waals surface area contributed by atoms with Gasteiger partial charge < -0.3 is 14.8 Å². The van der Waals surface area contributed by atoms with Gasteiger partial charge in [-0.25, -0.2) is 9.18 Å². The first-order valence-corrected chi connectivity index (χ1v) is 7.71. The van der Waals surface area contributed by atoms with Crippen molar-refractivity contribution in [2.75, 3.05) is 18.5 Å². The zero-order valence-electron chi connectivity index (χ0n) is 13.5. The topological polar surface area (TPSA) is 81.7 Å². The van der Waals surface area contributed by atoms with E-state index in [1.54, 1.807) is 12.1 Å². The maximum absolute atomic E-state index is 13.0. The van der Waals surface area contributed by atoms with Crippen molar-refractivity contribution in [3.8, 4) is 5.75 Å². The molecule has 7 heteroatoms. The lowest BCUT2D eigenvalue weighted by Gasteiger charge is -2.18. The molecule has 132 valence electrons. The van der Waals surface area contributed by atoms with Gasteiger partial charge in [-0.15, -0.1) is 0 Å². The number of carbonyl (C=O) groups excluding carboxylic acids is 3. The van der Waals surface area contributed by atoms with Crippen LogP contribution < -0.4 is 10.1 Å². The van der Waals surface area contributed by atoms with Gasteiger partial charge in [0.1, 0.15) is 11.6 Å². The maximum atomic E-state index is 13.0. The van der Waals surface area contributed by atoms with Gasteiger partial charge in [-0.05, 0) is 42.0 Å². The second kappa shape index (κ2) is 7.60. The Hall–Kier alpha value is -3.48. The van der Waals surface area contributed by atoms with E-state index in [-0.39, 0.29) is 18.1 Å². The van der Waals surface area contributed by atoms with Gasteiger partial charge >= 0.3 is 5.97 Å². The molecule has 6 nitrogen and oxygen atoms in total. The molecule has 0 spiro atoms. The van der Waals surface area contributed by atoms with Crippen LogP contribution in [0.4, 0.5) is 10.1 Å². The van der Waals surface area contributed by atoms with Crippen molar-refractivity contribution >= 4 is 29.4 Å². The van der Waals surface area contributed by atoms with Crippen molar-refractivity contribution in [3.63, 3.8) is 0 Å². The van der Waals surface area contributed by atoms with Gasteiger partial charge in [0.25, 0.3) is 5.91 Å². The predicted octanol–water partition coefficient (Wildman–Crippen LogP) is 2.60. The molecule has 3 rings (SSSR count). The van der Waals surface area contributed by atoms with Crippen molar-refractivity contribution in [3.05, 3.63) is 65.5 Å². The third-order valence-corrected chi connectivity index (χ3v) is 3.54. The summed E-state index contributed by atoms with van der Waals surface area (Å²) in [5.41, 5.74) is 1.17. The molecule has 2 aromatic rings. The third kappa shape index (κ3) is 4.32. The Labute approximate surface area is 148 Å². The SMILES string of the molecule is O=C1COc2ccc(C(=O)COC(=O)C=Cc3cccc(F)c3)cc2N1. The second-order valence-electron chi connectivity index (χ2n) is 5.47. The number of hydrogen-bond acceptors (Lipinski definition) is 5. The molecule has 2 aromatic carbocycles. The highest BCUT2D eigenvalue weighted by Crippen LogP contribution is 2.28. The summed E-state index contributed by atoms with van der Waals surface area (Å²) in [5.74, 6) is -1.41. The first-order chi connectivity index (χ1) is 12.5. The Morgan fingerprint density at radius 3 is 2.88 bits per heavy atom. The van der Waals surface area contributed by atoms with Crippen molar-refractivity contribution in [1.82, 2.24) is 0 Å². The Morgan fingerprint density at radius 2 is 2.08 bits per heavy atom. The number of benzene rings is 2. The summed E-state index contributed by atoms with van der Waals surface area (Å²) >= 11 is 0. The van der Waals surface area contributed by atoms with Gasteiger partial charge in [0.2, 0.25) is 0 Å². The lowest BCUT2D eigenvalue weighted by molar-refractivity contribution is -0.136. The maximum Gasteiger partial charge on any atom is 0.331 e. The number of halogens is 1. The molecule has 0 aromatic heterocycles. The monoisotopic (exact) mass is 355 g/mol. The molecule has 1 aliphatic heterocycles. The van der Waals surface area contributed by atoms with Crippen LogP contribution >= 0.6 is 0 Å². The summed E-state index contributed by atoms with van der Waals surface area (Å²) in [7, 11) is 0. The minimum Gasteiger partial charge on any atom is -0.482 e. The number of fused-ring (bicyclic) bond motifs is 1. The largest absolute Gasteiger partial charge is 0.482 e. The molecule has 1 amide bonds. The molecular weight excluding hydrogens is 341 g/mol. The number of nitrogens with one attached hydrogen (secondary N) is 1. The van der Waals surface area contributed by atoms with E-state index in [1.165, 1.54) is 36.4 Å². The van der Waals surface area contributed by atoms with Crippen LogP contribution in [0.2, 0.25) is 0 Å². The number of carbonyl (C=O) groups is 3. The second-order valence-corrected chi connectivity index (χ2v) is 5.47. The van der Waals surface area contributed by atoms with Gasteiger partial charge in [0.05, 0.1) is 5.69 Å². The van der Waals surface area contributed by atoms with E-state index >= 15 is 0 Å². The van der Waals surface area contributed by atoms with E-state index in [9.17, 15) is 18.8 Å². The molecule has 1 N–H and O–H groups in total. The number of anilines is 1. The molecule has 0 unspecified atom stereocenters. The summed E-state index contributed by atoms with van der Waals surface area (Å²) in [6.07, 6.45) is 2.50. The van der Waals surface area contributed by atoms with Crippen LogP contribution in [0.15, 0.2) is 48.5 Å². The fraction of sp³-hybridized carbons (Fsp3) is 0.105. The average molecular weight is 355 g/mol. The fourth-order valence-corrected chi connectivity index (χ4v) is 2.30. The minimum absolute atomic E-state index is 0.0739. The molecule has 1 aliphatic rings. The van der Waals surface area contributed by atoms with Gasteiger partial charge in [-0.2, -0.15) is 0 Å². The van der Waals surface area contributed by atoms with Crippen molar-refractivity contribution in [2.24, 2.45) is 0 Å². The lowest BCUT2D eigenvalue weighted by Crippen LogP contribution is -2.25. The van der Waals surface area contributed by atoms with E-state index in [0.29, 0.717) is 17.0 Å². The molecule has 1 heterocycles. The van der Waals surface area contributed by atoms with Gasteiger partial charge in [-0.1, -0.05) is 12.1 Å². The number of ether oxygens (including phenoxy) is 2. The Kier molecular flexibility index (Phi) is 5.07. The first-order valence-electron chi connectivity index (χ1n) is 7.71. The summed E-state index contributed by atoms with van der Waals surface area (Å²) < 4.78 is 23.1. The van der Waals surface area contributed by atoms with Crippen LogP contribution in [0, 0.1) is 5.82 Å². The molecule has 0 atom stereocenters. The van der Waals surface area contributed by atoms with E-state index < -0.39 is 24.2 Å². The van der Waals surface area contributed by atoms with Crippen molar-refractivity contribution in [2.45, 2.75) is 0 Å². The number of esters is 1. The van der Waals surface area contributed by atoms with E-state index in [2.05, 4.69) is 5.32 Å². The summed E-state index contributed by atoms with van der Waals surface area (Å²) in [5, 5.41) is 2.60. The number of Topliss-reactive ketones (excluding diaryl/α,β-unsaturated/α-hetero) is 1. The highest BCUT2D eigenvalue weighted by Gasteiger charge is 2.18. The molecule has 26 heavy (non-hydrogen) atoms. The molecular formula is C19H14FNO5. The fourth-order valence-electron chi connectivity index (χ4n) is 2.30. The van der Waals surface area contributed by atoms with E-state index in [0.717, 1.165) is 6.08 Å². The van der Waals surface area contributed by atoms with Crippen LogP contribution in [0.5, 0.6) is 5.75 Å².